The lowest BCUT2D eigenvalue weighted by Gasteiger charge is -2.22. The molecule has 0 saturated heterocycles. The summed E-state index contributed by atoms with van der Waals surface area (Å²) in [5, 5.41) is 9.32. The lowest BCUT2D eigenvalue weighted by molar-refractivity contribution is 0.192. The van der Waals surface area contributed by atoms with Gasteiger partial charge in [0.25, 0.3) is 0 Å². The topological polar surface area (TPSA) is 66.8 Å². The molecule has 1 aliphatic rings. The van der Waals surface area contributed by atoms with Crippen molar-refractivity contribution in [2.24, 2.45) is 5.41 Å². The van der Waals surface area contributed by atoms with E-state index >= 15 is 0 Å². The van der Waals surface area contributed by atoms with Crippen LogP contribution in [-0.4, -0.2) is 44.1 Å². The first-order valence-electron chi connectivity index (χ1n) is 7.13. The summed E-state index contributed by atoms with van der Waals surface area (Å²) in [4.78, 5) is 0.245. The largest absolute Gasteiger partial charge is 0.491 e. The molecule has 0 atom stereocenters. The number of ether oxygens (including phenoxy) is 1. The quantitative estimate of drug-likeness (QED) is 0.834. The van der Waals surface area contributed by atoms with Crippen LogP contribution in [0.5, 0.6) is 5.75 Å². The van der Waals surface area contributed by atoms with Gasteiger partial charge < -0.3 is 9.84 Å². The molecular formula is C15H23NO4S. The Bertz CT molecular complexity index is 576. The van der Waals surface area contributed by atoms with Crippen molar-refractivity contribution in [1.82, 2.24) is 4.31 Å². The van der Waals surface area contributed by atoms with Crippen LogP contribution in [0.3, 0.4) is 0 Å². The smallest absolute Gasteiger partial charge is 0.242 e. The van der Waals surface area contributed by atoms with Crippen molar-refractivity contribution < 1.29 is 18.3 Å². The molecule has 0 amide bonds. The highest BCUT2D eigenvalue weighted by molar-refractivity contribution is 7.89. The summed E-state index contributed by atoms with van der Waals surface area (Å²) in [5.74, 6) is 0.653. The van der Waals surface area contributed by atoms with Crippen LogP contribution in [0.2, 0.25) is 0 Å². The lowest BCUT2D eigenvalue weighted by Crippen LogP contribution is -2.34. The van der Waals surface area contributed by atoms with Crippen molar-refractivity contribution >= 4 is 10.0 Å². The Morgan fingerprint density at radius 2 is 1.86 bits per heavy atom. The summed E-state index contributed by atoms with van der Waals surface area (Å²) in [6.07, 6.45) is 1.81. The predicted octanol–water partition coefficient (Wildman–Crippen LogP) is 1.87. The van der Waals surface area contributed by atoms with Crippen LogP contribution < -0.4 is 4.74 Å². The standard InChI is InChI=1S/C15H23NO4S/c1-12(2)20-13-4-6-14(7-5-13)21(18,19)16(3)10-15(11-17)8-9-15/h4-7,12,17H,8-11H2,1-3H3. The third-order valence-electron chi connectivity index (χ3n) is 3.75. The fourth-order valence-corrected chi connectivity index (χ4v) is 3.53. The average molecular weight is 313 g/mol. The molecule has 0 bridgehead atoms. The number of hydrogen-bond donors (Lipinski definition) is 1. The van der Waals surface area contributed by atoms with Gasteiger partial charge in [0.2, 0.25) is 10.0 Å². The molecule has 0 heterocycles. The van der Waals surface area contributed by atoms with Crippen LogP contribution >= 0.6 is 0 Å². The van der Waals surface area contributed by atoms with E-state index in [4.69, 9.17) is 4.74 Å². The SMILES string of the molecule is CC(C)Oc1ccc(S(=O)(=O)N(C)CC2(CO)CC2)cc1. The Hall–Kier alpha value is -1.11. The maximum atomic E-state index is 12.5. The van der Waals surface area contributed by atoms with Gasteiger partial charge in [-0.15, -0.1) is 0 Å². The molecule has 0 aromatic heterocycles. The zero-order valence-electron chi connectivity index (χ0n) is 12.7. The number of rotatable bonds is 7. The van der Waals surface area contributed by atoms with Gasteiger partial charge in [0.1, 0.15) is 5.75 Å². The van der Waals surface area contributed by atoms with Gasteiger partial charge in [-0.05, 0) is 51.0 Å². The molecule has 118 valence electrons. The van der Waals surface area contributed by atoms with Gasteiger partial charge in [-0.1, -0.05) is 0 Å². The van der Waals surface area contributed by atoms with Gasteiger partial charge >= 0.3 is 0 Å². The van der Waals surface area contributed by atoms with Crippen LogP contribution in [0.15, 0.2) is 29.2 Å². The van der Waals surface area contributed by atoms with Gasteiger partial charge in [0.15, 0.2) is 0 Å². The number of nitrogens with zero attached hydrogens (tertiary/aromatic N) is 1. The first-order chi connectivity index (χ1) is 9.79. The highest BCUT2D eigenvalue weighted by Gasteiger charge is 2.44. The number of hydrogen-bond acceptors (Lipinski definition) is 4. The zero-order chi connectivity index (χ0) is 15.7. The van der Waals surface area contributed by atoms with Crippen molar-refractivity contribution in [3.05, 3.63) is 24.3 Å². The molecule has 1 aliphatic carbocycles. The van der Waals surface area contributed by atoms with Gasteiger partial charge in [-0.25, -0.2) is 12.7 Å². The Kier molecular flexibility index (Phi) is 4.60. The third-order valence-corrected chi connectivity index (χ3v) is 5.57. The molecule has 0 spiro atoms. The Morgan fingerprint density at radius 3 is 2.29 bits per heavy atom. The molecule has 1 aromatic carbocycles. The van der Waals surface area contributed by atoms with E-state index in [2.05, 4.69) is 0 Å². The van der Waals surface area contributed by atoms with E-state index in [1.54, 1.807) is 31.3 Å². The van der Waals surface area contributed by atoms with Crippen LogP contribution in [0.25, 0.3) is 0 Å². The Morgan fingerprint density at radius 1 is 1.29 bits per heavy atom. The first-order valence-corrected chi connectivity index (χ1v) is 8.57. The molecule has 6 heteroatoms. The molecule has 2 rings (SSSR count). The van der Waals surface area contributed by atoms with Crippen LogP contribution in [0.4, 0.5) is 0 Å². The molecule has 21 heavy (non-hydrogen) atoms. The van der Waals surface area contributed by atoms with E-state index in [-0.39, 0.29) is 23.0 Å². The zero-order valence-corrected chi connectivity index (χ0v) is 13.6. The molecule has 1 fully saturated rings. The average Bonchev–Trinajstić information content (AvgIpc) is 3.19. The molecule has 5 nitrogen and oxygen atoms in total. The van der Waals surface area contributed by atoms with Gasteiger partial charge in [0.05, 0.1) is 11.0 Å². The van der Waals surface area contributed by atoms with Crippen LogP contribution in [0, 0.1) is 5.41 Å². The van der Waals surface area contributed by atoms with Crippen molar-refractivity contribution in [2.45, 2.75) is 37.7 Å². The van der Waals surface area contributed by atoms with Crippen molar-refractivity contribution in [2.75, 3.05) is 20.2 Å². The first kappa shape index (κ1) is 16.3. The monoisotopic (exact) mass is 313 g/mol. The van der Waals surface area contributed by atoms with E-state index in [1.165, 1.54) is 4.31 Å². The second-order valence-electron chi connectivity index (χ2n) is 6.06. The normalized spacial score (nSPS) is 17.2. The molecule has 1 aromatic rings. The fourth-order valence-electron chi connectivity index (χ4n) is 2.24. The summed E-state index contributed by atoms with van der Waals surface area (Å²) in [7, 11) is -1.96. The fraction of sp³-hybridized carbons (Fsp3) is 0.600. The van der Waals surface area contributed by atoms with Crippen molar-refractivity contribution in [3.8, 4) is 5.75 Å². The van der Waals surface area contributed by atoms with Crippen LogP contribution in [0.1, 0.15) is 26.7 Å². The lowest BCUT2D eigenvalue weighted by atomic mass is 10.1. The summed E-state index contributed by atoms with van der Waals surface area (Å²) >= 11 is 0. The molecule has 1 saturated carbocycles. The van der Waals surface area contributed by atoms with E-state index in [1.807, 2.05) is 13.8 Å². The van der Waals surface area contributed by atoms with E-state index in [9.17, 15) is 13.5 Å². The third kappa shape index (κ3) is 3.75. The maximum absolute atomic E-state index is 12.5. The molecule has 1 N–H and O–H groups in total. The highest BCUT2D eigenvalue weighted by atomic mass is 32.2. The van der Waals surface area contributed by atoms with E-state index < -0.39 is 10.0 Å². The minimum atomic E-state index is -3.52. The Balaban J connectivity index is 2.11. The highest BCUT2D eigenvalue weighted by Crippen LogP contribution is 2.46. The van der Waals surface area contributed by atoms with Gasteiger partial charge in [-0.2, -0.15) is 0 Å². The number of benzene rings is 1. The molecule has 0 radical (unpaired) electrons. The summed E-state index contributed by atoms with van der Waals surface area (Å²) in [5.41, 5.74) is -0.234. The predicted molar refractivity (Wildman–Crippen MR) is 80.8 cm³/mol. The van der Waals surface area contributed by atoms with Crippen molar-refractivity contribution in [3.63, 3.8) is 0 Å². The minimum absolute atomic E-state index is 0.0357. The minimum Gasteiger partial charge on any atom is -0.491 e. The summed E-state index contributed by atoms with van der Waals surface area (Å²) < 4.78 is 31.8. The number of sulfonamides is 1. The molecule has 0 unspecified atom stereocenters. The van der Waals surface area contributed by atoms with Gasteiger partial charge in [-0.3, -0.25) is 0 Å². The second-order valence-corrected chi connectivity index (χ2v) is 8.10. The summed E-state index contributed by atoms with van der Waals surface area (Å²) in [6.45, 7) is 4.23. The maximum Gasteiger partial charge on any atom is 0.242 e. The van der Waals surface area contributed by atoms with Crippen LogP contribution in [-0.2, 0) is 10.0 Å². The van der Waals surface area contributed by atoms with E-state index in [0.717, 1.165) is 12.8 Å². The second kappa shape index (κ2) is 5.94. The number of aliphatic hydroxyl groups excluding tert-OH is 1. The summed E-state index contributed by atoms with van der Waals surface area (Å²) in [6, 6.07) is 6.45. The van der Waals surface area contributed by atoms with E-state index in [0.29, 0.717) is 12.3 Å². The van der Waals surface area contributed by atoms with Gasteiger partial charge in [0, 0.05) is 25.6 Å². The molecule has 0 aliphatic heterocycles. The Labute approximate surface area is 126 Å². The van der Waals surface area contributed by atoms with Crippen molar-refractivity contribution in [1.29, 1.82) is 0 Å². The molecular weight excluding hydrogens is 290 g/mol. The number of aliphatic hydroxyl groups is 1.